The zero-order valence-electron chi connectivity index (χ0n) is 14.5. The van der Waals surface area contributed by atoms with Crippen LogP contribution in [0.2, 0.25) is 0 Å². The van der Waals surface area contributed by atoms with Crippen LogP contribution in [0.15, 0.2) is 18.2 Å². The first kappa shape index (κ1) is 20.6. The summed E-state index contributed by atoms with van der Waals surface area (Å²) in [5, 5.41) is 3.10. The van der Waals surface area contributed by atoms with E-state index in [0.29, 0.717) is 36.1 Å². The standard InChI is InChI=1S/C18H28N2O3.ClH/c1-3-4-10-23-16-9-8-13(11-17(16)22-2)18(21)20-15-7-5-6-14(15)12-19;/h8-9,11,14-15H,3-7,10,12,19H2,1-2H3,(H,20,21);1H. The highest BCUT2D eigenvalue weighted by molar-refractivity contribution is 5.95. The average Bonchev–Trinajstić information content (AvgIpc) is 3.02. The molecule has 5 nitrogen and oxygen atoms in total. The van der Waals surface area contributed by atoms with Crippen molar-refractivity contribution in [1.82, 2.24) is 5.32 Å². The third-order valence-corrected chi connectivity index (χ3v) is 4.46. The number of benzene rings is 1. The van der Waals surface area contributed by atoms with Crippen LogP contribution in [-0.2, 0) is 0 Å². The van der Waals surface area contributed by atoms with Gasteiger partial charge in [-0.25, -0.2) is 0 Å². The maximum absolute atomic E-state index is 12.5. The van der Waals surface area contributed by atoms with Gasteiger partial charge in [-0.1, -0.05) is 19.8 Å². The van der Waals surface area contributed by atoms with Gasteiger partial charge < -0.3 is 20.5 Å². The highest BCUT2D eigenvalue weighted by Crippen LogP contribution is 2.29. The second-order valence-electron chi connectivity index (χ2n) is 6.07. The minimum Gasteiger partial charge on any atom is -0.493 e. The van der Waals surface area contributed by atoms with Gasteiger partial charge in [-0.15, -0.1) is 12.4 Å². The van der Waals surface area contributed by atoms with Crippen LogP contribution >= 0.6 is 12.4 Å². The number of unbranched alkanes of at least 4 members (excludes halogenated alkanes) is 1. The Morgan fingerprint density at radius 3 is 2.79 bits per heavy atom. The van der Waals surface area contributed by atoms with E-state index in [0.717, 1.165) is 32.1 Å². The van der Waals surface area contributed by atoms with Crippen molar-refractivity contribution in [3.8, 4) is 11.5 Å². The van der Waals surface area contributed by atoms with Gasteiger partial charge in [0.25, 0.3) is 5.91 Å². The molecule has 1 saturated carbocycles. The second kappa shape index (κ2) is 10.4. The van der Waals surface area contributed by atoms with Crippen LogP contribution in [0, 0.1) is 5.92 Å². The predicted molar refractivity (Wildman–Crippen MR) is 98.3 cm³/mol. The molecule has 6 heteroatoms. The summed E-state index contributed by atoms with van der Waals surface area (Å²) in [4.78, 5) is 12.5. The maximum Gasteiger partial charge on any atom is 0.251 e. The van der Waals surface area contributed by atoms with Gasteiger partial charge in [0, 0.05) is 11.6 Å². The Bertz CT molecular complexity index is 525. The lowest BCUT2D eigenvalue weighted by molar-refractivity contribution is 0.0928. The molecule has 1 aliphatic rings. The predicted octanol–water partition coefficient (Wildman–Crippen LogP) is 3.15. The highest BCUT2D eigenvalue weighted by Gasteiger charge is 2.27. The molecule has 0 aromatic heterocycles. The second-order valence-corrected chi connectivity index (χ2v) is 6.07. The minimum atomic E-state index is -0.0752. The number of nitrogens with two attached hydrogens (primary N) is 1. The molecule has 0 aliphatic heterocycles. The molecule has 0 heterocycles. The quantitative estimate of drug-likeness (QED) is 0.702. The molecule has 2 atom stereocenters. The fourth-order valence-corrected chi connectivity index (χ4v) is 3.02. The number of halogens is 1. The van der Waals surface area contributed by atoms with Crippen LogP contribution in [0.4, 0.5) is 0 Å². The van der Waals surface area contributed by atoms with Crippen molar-refractivity contribution < 1.29 is 14.3 Å². The molecule has 2 rings (SSSR count). The van der Waals surface area contributed by atoms with E-state index < -0.39 is 0 Å². The topological polar surface area (TPSA) is 73.6 Å². The van der Waals surface area contributed by atoms with Gasteiger partial charge in [0.05, 0.1) is 13.7 Å². The number of methoxy groups -OCH3 is 1. The summed E-state index contributed by atoms with van der Waals surface area (Å²) >= 11 is 0. The van der Waals surface area contributed by atoms with E-state index in [-0.39, 0.29) is 24.4 Å². The molecule has 1 aromatic rings. The third-order valence-electron chi connectivity index (χ3n) is 4.46. The van der Waals surface area contributed by atoms with E-state index >= 15 is 0 Å². The van der Waals surface area contributed by atoms with Crippen molar-refractivity contribution in [2.45, 2.75) is 45.1 Å². The molecule has 3 N–H and O–H groups in total. The number of carbonyl (C=O) groups excluding carboxylic acids is 1. The summed E-state index contributed by atoms with van der Waals surface area (Å²) in [6, 6.07) is 5.51. The van der Waals surface area contributed by atoms with Gasteiger partial charge in [-0.3, -0.25) is 4.79 Å². The lowest BCUT2D eigenvalue weighted by atomic mass is 10.0. The van der Waals surface area contributed by atoms with Gasteiger partial charge >= 0.3 is 0 Å². The van der Waals surface area contributed by atoms with Gasteiger partial charge in [-0.2, -0.15) is 0 Å². The van der Waals surface area contributed by atoms with E-state index in [1.54, 1.807) is 25.3 Å². The molecule has 136 valence electrons. The highest BCUT2D eigenvalue weighted by atomic mass is 35.5. The van der Waals surface area contributed by atoms with Crippen molar-refractivity contribution in [3.63, 3.8) is 0 Å². The monoisotopic (exact) mass is 356 g/mol. The molecule has 1 aliphatic carbocycles. The molecule has 1 amide bonds. The van der Waals surface area contributed by atoms with Gasteiger partial charge in [0.2, 0.25) is 0 Å². The number of ether oxygens (including phenoxy) is 2. The van der Waals surface area contributed by atoms with E-state index in [9.17, 15) is 4.79 Å². The van der Waals surface area contributed by atoms with Crippen molar-refractivity contribution in [1.29, 1.82) is 0 Å². The number of amides is 1. The smallest absolute Gasteiger partial charge is 0.251 e. The first-order valence-corrected chi connectivity index (χ1v) is 8.51. The maximum atomic E-state index is 12.5. The molecular weight excluding hydrogens is 328 g/mol. The summed E-state index contributed by atoms with van der Waals surface area (Å²) in [6.45, 7) is 3.39. The molecular formula is C18H29ClN2O3. The van der Waals surface area contributed by atoms with E-state index in [4.69, 9.17) is 15.2 Å². The summed E-state index contributed by atoms with van der Waals surface area (Å²) in [6.07, 6.45) is 5.29. The van der Waals surface area contributed by atoms with Crippen molar-refractivity contribution >= 4 is 18.3 Å². The summed E-state index contributed by atoms with van der Waals surface area (Å²) < 4.78 is 11.1. The Morgan fingerprint density at radius 1 is 1.33 bits per heavy atom. The molecule has 0 spiro atoms. The Morgan fingerprint density at radius 2 is 2.12 bits per heavy atom. The molecule has 0 radical (unpaired) electrons. The first-order chi connectivity index (χ1) is 11.2. The lowest BCUT2D eigenvalue weighted by Gasteiger charge is -2.20. The van der Waals surface area contributed by atoms with E-state index in [1.165, 1.54) is 0 Å². The number of carbonyl (C=O) groups is 1. The van der Waals surface area contributed by atoms with Crippen LogP contribution in [0.1, 0.15) is 49.4 Å². The van der Waals surface area contributed by atoms with E-state index in [1.807, 2.05) is 0 Å². The number of hydrogen-bond acceptors (Lipinski definition) is 4. The summed E-state index contributed by atoms with van der Waals surface area (Å²) in [5.74, 6) is 1.58. The first-order valence-electron chi connectivity index (χ1n) is 8.51. The largest absolute Gasteiger partial charge is 0.493 e. The SMILES string of the molecule is CCCCOc1ccc(C(=O)NC2CCCC2CN)cc1OC.Cl. The number of hydrogen-bond donors (Lipinski definition) is 2. The summed E-state index contributed by atoms with van der Waals surface area (Å²) in [7, 11) is 1.59. The molecule has 1 fully saturated rings. The van der Waals surface area contributed by atoms with Crippen LogP contribution in [0.5, 0.6) is 11.5 Å². The normalized spacial score (nSPS) is 19.5. The van der Waals surface area contributed by atoms with E-state index in [2.05, 4.69) is 12.2 Å². The molecule has 0 bridgehead atoms. The molecule has 24 heavy (non-hydrogen) atoms. The third kappa shape index (κ3) is 5.28. The molecule has 0 saturated heterocycles. The van der Waals surface area contributed by atoms with Gasteiger partial charge in [-0.05, 0) is 49.9 Å². The van der Waals surface area contributed by atoms with Crippen molar-refractivity contribution in [2.24, 2.45) is 11.7 Å². The van der Waals surface area contributed by atoms with Crippen molar-refractivity contribution in [2.75, 3.05) is 20.3 Å². The molecule has 1 aromatic carbocycles. The van der Waals surface area contributed by atoms with Gasteiger partial charge in [0.15, 0.2) is 11.5 Å². The average molecular weight is 357 g/mol. The zero-order valence-corrected chi connectivity index (χ0v) is 15.4. The Hall–Kier alpha value is -1.46. The van der Waals surface area contributed by atoms with Crippen LogP contribution in [0.3, 0.4) is 0 Å². The van der Waals surface area contributed by atoms with Crippen LogP contribution in [0.25, 0.3) is 0 Å². The fraction of sp³-hybridized carbons (Fsp3) is 0.611. The van der Waals surface area contributed by atoms with Crippen molar-refractivity contribution in [3.05, 3.63) is 23.8 Å². The van der Waals surface area contributed by atoms with Crippen LogP contribution < -0.4 is 20.5 Å². The fourth-order valence-electron chi connectivity index (χ4n) is 3.02. The number of rotatable bonds is 8. The summed E-state index contributed by atoms with van der Waals surface area (Å²) in [5.41, 5.74) is 6.36. The zero-order chi connectivity index (χ0) is 16.7. The Kier molecular flexibility index (Phi) is 8.93. The van der Waals surface area contributed by atoms with Crippen LogP contribution in [-0.4, -0.2) is 32.2 Å². The lowest BCUT2D eigenvalue weighted by Crippen LogP contribution is -2.39. The Labute approximate surface area is 150 Å². The minimum absolute atomic E-state index is 0. The number of nitrogens with one attached hydrogen (secondary N) is 1. The molecule has 2 unspecified atom stereocenters. The Balaban J connectivity index is 0.00000288. The van der Waals surface area contributed by atoms with Gasteiger partial charge in [0.1, 0.15) is 0 Å².